The van der Waals surface area contributed by atoms with E-state index in [4.69, 9.17) is 0 Å². The molecule has 2 unspecified atom stereocenters. The van der Waals surface area contributed by atoms with Crippen LogP contribution in [0.4, 0.5) is 0 Å². The molecule has 0 bridgehead atoms. The van der Waals surface area contributed by atoms with Crippen molar-refractivity contribution < 1.29 is 15.0 Å². The average molecular weight is 1030 g/mol. The molecule has 3 N–H and O–H groups in total. The van der Waals surface area contributed by atoms with Crippen LogP contribution in [0.25, 0.3) is 0 Å². The highest BCUT2D eigenvalue weighted by Crippen LogP contribution is 2.19. The second kappa shape index (κ2) is 65.4. The number of hydrogen-bond donors (Lipinski definition) is 3. The van der Waals surface area contributed by atoms with Gasteiger partial charge in [0.1, 0.15) is 0 Å². The molecule has 74 heavy (non-hydrogen) atoms. The van der Waals surface area contributed by atoms with Gasteiger partial charge < -0.3 is 15.5 Å². The summed E-state index contributed by atoms with van der Waals surface area (Å²) in [4.78, 5) is 12.6. The maximum absolute atomic E-state index is 12.6. The smallest absolute Gasteiger partial charge is 0.220 e. The zero-order chi connectivity index (χ0) is 53.4. The number of nitrogens with one attached hydrogen (secondary N) is 1. The zero-order valence-corrected chi connectivity index (χ0v) is 50.1. The number of rotatable bonds is 62. The van der Waals surface area contributed by atoms with Crippen LogP contribution in [0.5, 0.6) is 0 Å². The number of unbranched alkanes of at least 4 members (excludes halogenated alkanes) is 45. The molecule has 434 valence electrons. The summed E-state index contributed by atoms with van der Waals surface area (Å²) in [6.07, 6.45) is 92.6. The quantitative estimate of drug-likeness (QED) is 0.0420. The lowest BCUT2D eigenvalue weighted by molar-refractivity contribution is -0.123. The fourth-order valence-electron chi connectivity index (χ4n) is 10.5. The summed E-state index contributed by atoms with van der Waals surface area (Å²) in [6.45, 7) is 4.28. The van der Waals surface area contributed by atoms with Gasteiger partial charge in [-0.25, -0.2) is 0 Å². The van der Waals surface area contributed by atoms with Crippen molar-refractivity contribution in [1.29, 1.82) is 0 Å². The lowest BCUT2D eigenvalue weighted by Gasteiger charge is -2.22. The number of aliphatic hydroxyl groups excluding tert-OH is 2. The zero-order valence-electron chi connectivity index (χ0n) is 50.1. The first-order valence-electron chi connectivity index (χ1n) is 33.5. The van der Waals surface area contributed by atoms with Crippen molar-refractivity contribution in [3.63, 3.8) is 0 Å². The molecule has 0 aliphatic heterocycles. The molecule has 0 saturated carbocycles. The minimum atomic E-state index is -0.661. The molecule has 0 saturated heterocycles. The van der Waals surface area contributed by atoms with Crippen molar-refractivity contribution in [2.24, 2.45) is 0 Å². The molecule has 0 aromatic heterocycles. The Hall–Kier alpha value is -1.91. The summed E-state index contributed by atoms with van der Waals surface area (Å²) < 4.78 is 0. The molecule has 2 atom stereocenters. The molecule has 4 heteroatoms. The SMILES string of the molecule is CC/C=C\C/C=C\C/C=C\C/C=C\C/C=C\CCCCCCCCCCCCCCCCCCCCCC(=O)NC(CO)C(O)CCCCCCCCCCCCCCCCCCCCCCCCCCCCC. The highest BCUT2D eigenvalue weighted by atomic mass is 16.3. The molecule has 0 heterocycles. The van der Waals surface area contributed by atoms with E-state index in [0.29, 0.717) is 12.8 Å². The predicted molar refractivity (Wildman–Crippen MR) is 331 cm³/mol. The molecule has 0 rings (SSSR count). The van der Waals surface area contributed by atoms with Gasteiger partial charge in [-0.15, -0.1) is 0 Å². The van der Waals surface area contributed by atoms with Crippen LogP contribution >= 0.6 is 0 Å². The van der Waals surface area contributed by atoms with Crippen molar-refractivity contribution in [3.8, 4) is 0 Å². The van der Waals surface area contributed by atoms with E-state index in [-0.39, 0.29) is 12.5 Å². The van der Waals surface area contributed by atoms with E-state index in [1.165, 1.54) is 276 Å². The fraction of sp³-hybridized carbons (Fsp3) is 0.843. The Morgan fingerprint density at radius 1 is 0.338 bits per heavy atom. The van der Waals surface area contributed by atoms with E-state index in [1.807, 2.05) is 0 Å². The summed E-state index contributed by atoms with van der Waals surface area (Å²) in [6, 6.07) is -0.538. The number of allylic oxidation sites excluding steroid dienone is 10. The molecule has 0 aromatic rings. The Morgan fingerprint density at radius 3 is 0.892 bits per heavy atom. The first kappa shape index (κ1) is 72.1. The number of carbonyl (C=O) groups is 1. The summed E-state index contributed by atoms with van der Waals surface area (Å²) in [5, 5.41) is 23.5. The van der Waals surface area contributed by atoms with Gasteiger partial charge in [-0.3, -0.25) is 4.79 Å². The lowest BCUT2D eigenvalue weighted by Crippen LogP contribution is -2.45. The molecule has 0 aliphatic carbocycles. The third-order valence-corrected chi connectivity index (χ3v) is 15.5. The molecule has 0 aliphatic rings. The summed E-state index contributed by atoms with van der Waals surface area (Å²) in [5.74, 6) is -0.0252. The third kappa shape index (κ3) is 60.9. The number of amides is 1. The van der Waals surface area contributed by atoms with E-state index in [0.717, 1.165) is 57.8 Å². The van der Waals surface area contributed by atoms with Gasteiger partial charge in [0.25, 0.3) is 0 Å². The van der Waals surface area contributed by atoms with Crippen LogP contribution in [0.15, 0.2) is 60.8 Å². The van der Waals surface area contributed by atoms with Crippen LogP contribution < -0.4 is 5.32 Å². The first-order chi connectivity index (χ1) is 36.7. The van der Waals surface area contributed by atoms with Gasteiger partial charge in [-0.05, 0) is 57.8 Å². The second-order valence-electron chi connectivity index (χ2n) is 22.9. The summed E-state index contributed by atoms with van der Waals surface area (Å²) in [7, 11) is 0. The van der Waals surface area contributed by atoms with Crippen LogP contribution in [0.2, 0.25) is 0 Å². The number of carbonyl (C=O) groups excluding carboxylic acids is 1. The monoisotopic (exact) mass is 1030 g/mol. The molecule has 0 fully saturated rings. The number of aliphatic hydroxyl groups is 2. The summed E-state index contributed by atoms with van der Waals surface area (Å²) >= 11 is 0. The predicted octanol–water partition coefficient (Wildman–Crippen LogP) is 22.7. The minimum absolute atomic E-state index is 0.0252. The van der Waals surface area contributed by atoms with Crippen molar-refractivity contribution in [2.75, 3.05) is 6.61 Å². The van der Waals surface area contributed by atoms with Crippen molar-refractivity contribution >= 4 is 5.91 Å². The molecule has 0 aromatic carbocycles. The molecular formula is C70H131NO3. The van der Waals surface area contributed by atoms with Gasteiger partial charge in [-0.1, -0.05) is 357 Å². The Kier molecular flexibility index (Phi) is 63.7. The highest BCUT2D eigenvalue weighted by Gasteiger charge is 2.20. The second-order valence-corrected chi connectivity index (χ2v) is 22.9. The third-order valence-electron chi connectivity index (χ3n) is 15.5. The average Bonchev–Trinajstić information content (AvgIpc) is 3.40. The Morgan fingerprint density at radius 2 is 0.595 bits per heavy atom. The standard InChI is InChI=1S/C70H131NO3/c1-3-5-7-9-11-13-15-17-19-21-23-25-27-29-31-32-33-34-35-36-37-38-40-42-44-46-48-50-52-54-56-58-60-62-64-66-70(74)71-68(67-72)69(73)65-63-61-59-57-55-53-51-49-47-45-43-41-39-30-28-26-24-22-20-18-16-14-12-10-8-6-4-2/h5,7,11,13,17,19,23,25,29,31,68-69,72-73H,3-4,6,8-10,12,14-16,18,20-22,24,26-28,30,32-67H2,1-2H3,(H,71,74)/b7-5-,13-11-,19-17-,25-23-,31-29-. The van der Waals surface area contributed by atoms with Crippen LogP contribution in [-0.4, -0.2) is 34.9 Å². The van der Waals surface area contributed by atoms with Crippen LogP contribution in [0.3, 0.4) is 0 Å². The van der Waals surface area contributed by atoms with Crippen LogP contribution in [0.1, 0.15) is 361 Å². The van der Waals surface area contributed by atoms with Gasteiger partial charge >= 0.3 is 0 Å². The van der Waals surface area contributed by atoms with Crippen LogP contribution in [-0.2, 0) is 4.79 Å². The van der Waals surface area contributed by atoms with Crippen molar-refractivity contribution in [1.82, 2.24) is 5.32 Å². The van der Waals surface area contributed by atoms with E-state index in [9.17, 15) is 15.0 Å². The van der Waals surface area contributed by atoms with Gasteiger partial charge in [0.15, 0.2) is 0 Å². The van der Waals surface area contributed by atoms with Crippen molar-refractivity contribution in [3.05, 3.63) is 60.8 Å². The van der Waals surface area contributed by atoms with E-state index < -0.39 is 12.1 Å². The van der Waals surface area contributed by atoms with E-state index in [1.54, 1.807) is 0 Å². The minimum Gasteiger partial charge on any atom is -0.394 e. The molecule has 0 spiro atoms. The highest BCUT2D eigenvalue weighted by molar-refractivity contribution is 5.76. The Labute approximate surface area is 464 Å². The normalized spacial score (nSPS) is 13.1. The molecular weight excluding hydrogens is 903 g/mol. The van der Waals surface area contributed by atoms with Crippen molar-refractivity contribution in [2.45, 2.75) is 373 Å². The first-order valence-corrected chi connectivity index (χ1v) is 33.5. The van der Waals surface area contributed by atoms with E-state index in [2.05, 4.69) is 79.9 Å². The fourth-order valence-corrected chi connectivity index (χ4v) is 10.5. The van der Waals surface area contributed by atoms with E-state index >= 15 is 0 Å². The number of hydrogen-bond acceptors (Lipinski definition) is 3. The maximum Gasteiger partial charge on any atom is 0.220 e. The largest absolute Gasteiger partial charge is 0.394 e. The van der Waals surface area contributed by atoms with Gasteiger partial charge in [0.2, 0.25) is 5.91 Å². The lowest BCUT2D eigenvalue weighted by atomic mass is 10.0. The van der Waals surface area contributed by atoms with Gasteiger partial charge in [0.05, 0.1) is 18.8 Å². The van der Waals surface area contributed by atoms with Gasteiger partial charge in [-0.2, -0.15) is 0 Å². The Balaban J connectivity index is 3.41. The topological polar surface area (TPSA) is 69.6 Å². The Bertz CT molecular complexity index is 1220. The maximum atomic E-state index is 12.6. The molecule has 4 nitrogen and oxygen atoms in total. The molecule has 0 radical (unpaired) electrons. The summed E-state index contributed by atoms with van der Waals surface area (Å²) in [5.41, 5.74) is 0. The van der Waals surface area contributed by atoms with Gasteiger partial charge in [0, 0.05) is 6.42 Å². The molecule has 1 amide bonds. The van der Waals surface area contributed by atoms with Crippen LogP contribution in [0, 0.1) is 0 Å².